The second-order valence-electron chi connectivity index (χ2n) is 0. The van der Waals surface area contributed by atoms with Gasteiger partial charge in [0, 0.05) is 0 Å². The molecule has 0 atom stereocenters. The summed E-state index contributed by atoms with van der Waals surface area (Å²) < 4.78 is 0. The average Bonchev–Trinajstić information content (AvgIpc) is 0. The van der Waals surface area contributed by atoms with Gasteiger partial charge in [0.15, 0.2) is 17.4 Å². The van der Waals surface area contributed by atoms with Gasteiger partial charge in [-0.1, -0.05) is 0 Å². The van der Waals surface area contributed by atoms with Crippen LogP contribution in [0.2, 0.25) is 0 Å². The predicted octanol–water partition coefficient (Wildman–Crippen LogP) is -5.14. The van der Waals surface area contributed by atoms with Crippen molar-refractivity contribution in [1.29, 1.82) is 0 Å². The fourth-order valence-electron chi connectivity index (χ4n) is 0. The van der Waals surface area contributed by atoms with Gasteiger partial charge in [-0.2, -0.15) is 0 Å². The molecule has 0 rings (SSSR count). The van der Waals surface area contributed by atoms with Gasteiger partial charge in [0.25, 0.3) is 0 Å². The summed E-state index contributed by atoms with van der Waals surface area (Å²) in [4.78, 5) is 0. The maximum atomic E-state index is 0. The van der Waals surface area contributed by atoms with E-state index < -0.39 is 0 Å². The molecule has 6 heavy (non-hydrogen) atoms. The molecular weight excluding hydrogens is 169 g/mol. The molecule has 1 nitrogen and oxygen atoms in total. The summed E-state index contributed by atoms with van der Waals surface area (Å²) in [7, 11) is 0. The van der Waals surface area contributed by atoms with Crippen molar-refractivity contribution in [3.8, 4) is 0 Å². The Kier molecular flexibility index (Phi) is 231. The molecular formula is H11AlCaKMgNaO. The van der Waals surface area contributed by atoms with Crippen molar-refractivity contribution in [2.24, 2.45) is 0 Å². The van der Waals surface area contributed by atoms with E-state index in [0.717, 1.165) is 0 Å². The first-order valence-corrected chi connectivity index (χ1v) is 0. The summed E-state index contributed by atoms with van der Waals surface area (Å²) in [5.41, 5.74) is 0. The third kappa shape index (κ3) is 22.9. The molecule has 0 saturated carbocycles. The second kappa shape index (κ2) is 32.0. The standard InChI is InChI=1S/Al.Ca.K.Mg.Na.H2O.9H/h;;;;;1H2;;;;;;;;;. The van der Waals surface area contributed by atoms with Gasteiger partial charge in [-0.25, -0.2) is 0 Å². The molecule has 0 aromatic rings. The fraction of sp³-hybridized carbons (Fsp3) is 0. The molecule has 26 valence electrons. The van der Waals surface area contributed by atoms with Crippen LogP contribution in [0.15, 0.2) is 0 Å². The second-order valence-corrected chi connectivity index (χ2v) is 0. The molecule has 0 aromatic carbocycles. The minimum atomic E-state index is 0. The van der Waals surface area contributed by atoms with Crippen LogP contribution >= 0.6 is 0 Å². The van der Waals surface area contributed by atoms with Crippen LogP contribution in [0.25, 0.3) is 0 Å². The van der Waals surface area contributed by atoms with Crippen LogP contribution in [-0.2, 0) is 0 Å². The van der Waals surface area contributed by atoms with Crippen LogP contribution in [0.3, 0.4) is 0 Å². The summed E-state index contributed by atoms with van der Waals surface area (Å²) in [6, 6.07) is 0. The Bertz CT molecular complexity index is 15.5. The zero-order chi connectivity index (χ0) is 0. The average molecular weight is 181 g/mol. The molecule has 0 amide bonds. The van der Waals surface area contributed by atoms with Gasteiger partial charge in [0.2, 0.25) is 0 Å². The van der Waals surface area contributed by atoms with Gasteiger partial charge in [0.05, 0.1) is 0 Å². The van der Waals surface area contributed by atoms with E-state index in [9.17, 15) is 0 Å². The normalized spacial score (nSPS) is 0. The summed E-state index contributed by atoms with van der Waals surface area (Å²) >= 11 is 0. The Balaban J connectivity index is 0. The molecule has 0 spiro atoms. The van der Waals surface area contributed by atoms with Gasteiger partial charge in [-0.3, -0.25) is 0 Å². The Morgan fingerprint density at radius 2 is 1.00 bits per heavy atom. The van der Waals surface area contributed by atoms with Crippen molar-refractivity contribution >= 4 is 159 Å². The van der Waals surface area contributed by atoms with Gasteiger partial charge >= 0.3 is 142 Å². The first kappa shape index (κ1) is 43.3. The Morgan fingerprint density at radius 1 is 1.00 bits per heavy atom. The molecule has 0 aliphatic carbocycles. The summed E-state index contributed by atoms with van der Waals surface area (Å²) in [5.74, 6) is 0. The molecule has 6 heteroatoms. The predicted molar refractivity (Wildman–Crippen MR) is 44.9 cm³/mol. The van der Waals surface area contributed by atoms with E-state index >= 15 is 0 Å². The maximum absolute atomic E-state index is 0. The van der Waals surface area contributed by atoms with Gasteiger partial charge < -0.3 is 5.48 Å². The summed E-state index contributed by atoms with van der Waals surface area (Å²) in [6.45, 7) is 0. The van der Waals surface area contributed by atoms with Crippen molar-refractivity contribution in [2.75, 3.05) is 0 Å². The topological polar surface area (TPSA) is 31.5 Å². The number of rotatable bonds is 0. The quantitative estimate of drug-likeness (QED) is 0.334. The van der Waals surface area contributed by atoms with Crippen molar-refractivity contribution in [3.63, 3.8) is 0 Å². The summed E-state index contributed by atoms with van der Waals surface area (Å²) in [5, 5.41) is 0. The van der Waals surface area contributed by atoms with E-state index in [0.29, 0.717) is 0 Å². The molecule has 0 heterocycles. The van der Waals surface area contributed by atoms with Crippen molar-refractivity contribution in [1.82, 2.24) is 0 Å². The van der Waals surface area contributed by atoms with E-state index in [4.69, 9.17) is 0 Å². The molecule has 0 saturated heterocycles. The molecule has 2 N–H and O–H groups in total. The molecule has 0 radical (unpaired) electrons. The van der Waals surface area contributed by atoms with E-state index in [-0.39, 0.29) is 165 Å². The van der Waals surface area contributed by atoms with Crippen molar-refractivity contribution in [2.45, 2.75) is 0 Å². The van der Waals surface area contributed by atoms with Crippen LogP contribution in [0.1, 0.15) is 0 Å². The Hall–Kier alpha value is 5.15. The first-order valence-electron chi connectivity index (χ1n) is 0. The fourth-order valence-corrected chi connectivity index (χ4v) is 0. The Labute approximate surface area is 159 Å². The van der Waals surface area contributed by atoms with E-state index in [1.807, 2.05) is 0 Å². The van der Waals surface area contributed by atoms with Crippen LogP contribution in [-0.4, -0.2) is 165 Å². The van der Waals surface area contributed by atoms with Crippen LogP contribution < -0.4 is 0 Å². The van der Waals surface area contributed by atoms with Gasteiger partial charge in [-0.05, 0) is 0 Å². The Morgan fingerprint density at radius 3 is 1.00 bits per heavy atom. The molecule has 0 fully saturated rings. The van der Waals surface area contributed by atoms with Crippen molar-refractivity contribution < 1.29 is 5.48 Å². The third-order valence-corrected chi connectivity index (χ3v) is 0. The molecule has 0 bridgehead atoms. The van der Waals surface area contributed by atoms with Gasteiger partial charge in [0.1, 0.15) is 0 Å². The minimum absolute atomic E-state index is 0. The van der Waals surface area contributed by atoms with Crippen LogP contribution in [0.4, 0.5) is 0 Å². The summed E-state index contributed by atoms with van der Waals surface area (Å²) in [6.07, 6.45) is 0. The zero-order valence-electron chi connectivity index (χ0n) is 0.500. The van der Waals surface area contributed by atoms with Crippen LogP contribution in [0.5, 0.6) is 0 Å². The van der Waals surface area contributed by atoms with E-state index in [2.05, 4.69) is 0 Å². The number of hydrogen-bond acceptors (Lipinski definition) is 0. The SMILES string of the molecule is O.[AlH3].[CaH2].[KH].[MgH2].[NaH]. The monoisotopic (exact) mass is 180 g/mol. The third-order valence-electron chi connectivity index (χ3n) is 0. The van der Waals surface area contributed by atoms with Gasteiger partial charge in [-0.15, -0.1) is 0 Å². The molecule has 0 unspecified atom stereocenters. The molecule has 0 aromatic heterocycles. The van der Waals surface area contributed by atoms with Crippen molar-refractivity contribution in [3.05, 3.63) is 0 Å². The van der Waals surface area contributed by atoms with Crippen LogP contribution in [0, 0.1) is 0 Å². The van der Waals surface area contributed by atoms with E-state index in [1.54, 1.807) is 0 Å². The zero-order valence-corrected chi connectivity index (χ0v) is 0.500. The molecule has 0 aliphatic heterocycles. The van der Waals surface area contributed by atoms with E-state index in [1.165, 1.54) is 0 Å². The number of hydrogen-bond donors (Lipinski definition) is 0. The molecule has 0 aliphatic rings. The first-order chi connectivity index (χ1) is 0.